The Bertz CT molecular complexity index is 1070. The summed E-state index contributed by atoms with van der Waals surface area (Å²) in [6, 6.07) is 24.4. The molecular weight excluding hydrogens is 454 g/mol. The maximum absolute atomic E-state index is 10.6. The van der Waals surface area contributed by atoms with Gasteiger partial charge in [-0.25, -0.2) is 0 Å². The van der Waals surface area contributed by atoms with E-state index in [2.05, 4.69) is 41.7 Å². The van der Waals surface area contributed by atoms with Crippen LogP contribution in [-0.2, 0) is 40.5 Å². The van der Waals surface area contributed by atoms with Crippen molar-refractivity contribution in [2.75, 3.05) is 26.3 Å². The molecule has 4 rings (SSSR count). The number of hydrogen-bond acceptors (Lipinski definition) is 6. The molecule has 0 fully saturated rings. The molecule has 0 unspecified atom stereocenters. The average molecular weight is 492 g/mol. The van der Waals surface area contributed by atoms with E-state index in [0.717, 1.165) is 35.4 Å². The molecule has 3 aromatic rings. The maximum Gasteiger partial charge on any atom is 0.205 e. The second kappa shape index (κ2) is 13.0. The predicted octanol–water partition coefficient (Wildman–Crippen LogP) is 4.93. The second-order valence-electron chi connectivity index (χ2n) is 9.53. The van der Waals surface area contributed by atoms with Crippen LogP contribution in [0.1, 0.15) is 47.8 Å². The molecule has 0 radical (unpaired) electrons. The quantitative estimate of drug-likeness (QED) is 0.331. The van der Waals surface area contributed by atoms with Crippen LogP contribution in [0.3, 0.4) is 0 Å². The zero-order valence-corrected chi connectivity index (χ0v) is 21.2. The summed E-state index contributed by atoms with van der Waals surface area (Å²) < 4.78 is 22.9. The van der Waals surface area contributed by atoms with E-state index in [1.807, 2.05) is 50.2 Å². The first-order valence-electron chi connectivity index (χ1n) is 12.6. The van der Waals surface area contributed by atoms with Crippen LogP contribution < -0.4 is 10.1 Å². The minimum Gasteiger partial charge on any atom is -0.463 e. The lowest BCUT2D eigenvalue weighted by molar-refractivity contribution is -0.180. The molecule has 0 amide bonds. The van der Waals surface area contributed by atoms with E-state index in [0.29, 0.717) is 39.6 Å². The monoisotopic (exact) mass is 491 g/mol. The molecule has 36 heavy (non-hydrogen) atoms. The molecule has 0 bridgehead atoms. The molecule has 1 atom stereocenters. The van der Waals surface area contributed by atoms with E-state index in [1.165, 1.54) is 11.1 Å². The molecule has 1 aliphatic heterocycles. The number of fused-ring (bicyclic) bond motifs is 1. The fraction of sp³-hybridized carbons (Fsp3) is 0.400. The van der Waals surface area contributed by atoms with Crippen molar-refractivity contribution in [2.24, 2.45) is 0 Å². The number of benzene rings is 3. The van der Waals surface area contributed by atoms with Gasteiger partial charge in [-0.1, -0.05) is 60.7 Å². The molecule has 2 N–H and O–H groups in total. The van der Waals surface area contributed by atoms with Gasteiger partial charge in [-0.05, 0) is 47.4 Å². The van der Waals surface area contributed by atoms with E-state index in [9.17, 15) is 5.11 Å². The van der Waals surface area contributed by atoms with Crippen LogP contribution in [0.4, 0.5) is 0 Å². The topological polar surface area (TPSA) is 69.2 Å². The van der Waals surface area contributed by atoms with Gasteiger partial charge < -0.3 is 29.4 Å². The van der Waals surface area contributed by atoms with Crippen molar-refractivity contribution >= 4 is 0 Å². The van der Waals surface area contributed by atoms with Crippen molar-refractivity contribution in [3.05, 3.63) is 101 Å². The summed E-state index contributed by atoms with van der Waals surface area (Å²) in [5.41, 5.74) is 5.40. The van der Waals surface area contributed by atoms with Gasteiger partial charge in [0, 0.05) is 26.0 Å². The Morgan fingerprint density at radius 2 is 1.56 bits per heavy atom. The number of rotatable bonds is 13. The van der Waals surface area contributed by atoms with Crippen molar-refractivity contribution < 1.29 is 24.1 Å². The Hall–Kier alpha value is -2.74. The highest BCUT2D eigenvalue weighted by Crippen LogP contribution is 2.32. The maximum atomic E-state index is 10.6. The molecule has 0 saturated carbocycles. The first-order chi connectivity index (χ1) is 17.5. The summed E-state index contributed by atoms with van der Waals surface area (Å²) in [5.74, 6) is 0.206. The third-order valence-electron chi connectivity index (χ3n) is 6.10. The molecular formula is C30H37NO5. The number of aliphatic hydroxyl groups is 1. The average Bonchev–Trinajstić information content (AvgIpc) is 2.89. The molecule has 1 heterocycles. The third kappa shape index (κ3) is 8.15. The number of hydrogen-bond donors (Lipinski definition) is 2. The summed E-state index contributed by atoms with van der Waals surface area (Å²) in [4.78, 5) is 0. The lowest BCUT2D eigenvalue weighted by Gasteiger charge is -2.33. The summed E-state index contributed by atoms with van der Waals surface area (Å²) in [6.07, 6.45) is 0.309. The number of aliphatic hydroxyl groups excluding tert-OH is 1. The predicted molar refractivity (Wildman–Crippen MR) is 140 cm³/mol. The van der Waals surface area contributed by atoms with Gasteiger partial charge >= 0.3 is 0 Å². The first kappa shape index (κ1) is 26.3. The van der Waals surface area contributed by atoms with Crippen molar-refractivity contribution in [3.8, 4) is 5.75 Å². The second-order valence-corrected chi connectivity index (χ2v) is 9.53. The van der Waals surface area contributed by atoms with Gasteiger partial charge in [-0.2, -0.15) is 0 Å². The zero-order chi connectivity index (χ0) is 25.2. The molecule has 1 aliphatic rings. The molecule has 192 valence electrons. The Labute approximate surface area is 214 Å². The summed E-state index contributed by atoms with van der Waals surface area (Å²) in [5, 5.41) is 13.9. The normalized spacial score (nSPS) is 15.2. The van der Waals surface area contributed by atoms with E-state index in [1.54, 1.807) is 0 Å². The Balaban J connectivity index is 1.09. The van der Waals surface area contributed by atoms with Gasteiger partial charge in [0.1, 0.15) is 5.75 Å². The van der Waals surface area contributed by atoms with Crippen molar-refractivity contribution in [2.45, 2.75) is 52.0 Å². The molecule has 3 aromatic carbocycles. The van der Waals surface area contributed by atoms with Crippen molar-refractivity contribution in [3.63, 3.8) is 0 Å². The molecule has 0 aromatic heterocycles. The van der Waals surface area contributed by atoms with Gasteiger partial charge in [0.15, 0.2) is 0 Å². The van der Waals surface area contributed by atoms with Crippen LogP contribution in [0.2, 0.25) is 0 Å². The number of nitrogens with one attached hydrogen (secondary N) is 1. The zero-order valence-electron chi connectivity index (χ0n) is 21.2. The summed E-state index contributed by atoms with van der Waals surface area (Å²) >= 11 is 0. The van der Waals surface area contributed by atoms with Crippen LogP contribution >= 0.6 is 0 Å². The van der Waals surface area contributed by atoms with Crippen LogP contribution in [-0.4, -0.2) is 37.2 Å². The fourth-order valence-electron chi connectivity index (χ4n) is 4.03. The molecule has 0 spiro atoms. The molecule has 6 nitrogen and oxygen atoms in total. The Morgan fingerprint density at radius 1 is 0.889 bits per heavy atom. The van der Waals surface area contributed by atoms with Gasteiger partial charge in [0.05, 0.1) is 39.1 Å². The lowest BCUT2D eigenvalue weighted by atomic mass is 10.0. The lowest BCUT2D eigenvalue weighted by Crippen LogP contribution is -2.35. The minimum absolute atomic E-state index is 0.486. The van der Waals surface area contributed by atoms with Crippen LogP contribution in [0.5, 0.6) is 5.75 Å². The van der Waals surface area contributed by atoms with Crippen molar-refractivity contribution in [1.82, 2.24) is 5.32 Å². The minimum atomic E-state index is -0.614. The smallest absolute Gasteiger partial charge is 0.205 e. The molecule has 0 aliphatic carbocycles. The van der Waals surface area contributed by atoms with E-state index >= 15 is 0 Å². The highest BCUT2D eigenvalue weighted by Gasteiger charge is 2.27. The SMILES string of the molecule is CC1(C)OCc2cc([C@@H](O)CNCCc3ccc(COCCOCc4ccccc4)cc3)ccc2O1. The molecule has 0 saturated heterocycles. The fourth-order valence-corrected chi connectivity index (χ4v) is 4.03. The first-order valence-corrected chi connectivity index (χ1v) is 12.6. The van der Waals surface area contributed by atoms with Crippen LogP contribution in [0, 0.1) is 0 Å². The largest absolute Gasteiger partial charge is 0.463 e. The third-order valence-corrected chi connectivity index (χ3v) is 6.10. The Kier molecular flexibility index (Phi) is 9.50. The number of ether oxygens (including phenoxy) is 4. The molecule has 6 heteroatoms. The summed E-state index contributed by atoms with van der Waals surface area (Å²) in [6.45, 7) is 7.90. The Morgan fingerprint density at radius 3 is 2.28 bits per heavy atom. The van der Waals surface area contributed by atoms with Crippen LogP contribution in [0.15, 0.2) is 72.8 Å². The van der Waals surface area contributed by atoms with E-state index < -0.39 is 11.9 Å². The standard InChI is InChI=1S/C30H37NO5/c1-30(2)35-22-27-18-26(12-13-29(27)36-30)28(32)19-31-15-14-23-8-10-25(11-9-23)21-34-17-16-33-20-24-6-4-3-5-7-24/h3-13,18,28,31-32H,14-17,19-22H2,1-2H3/t28-/m0/s1. The van der Waals surface area contributed by atoms with Gasteiger partial charge in [0.2, 0.25) is 5.79 Å². The van der Waals surface area contributed by atoms with E-state index in [4.69, 9.17) is 18.9 Å². The van der Waals surface area contributed by atoms with Gasteiger partial charge in [0.25, 0.3) is 0 Å². The van der Waals surface area contributed by atoms with E-state index in [-0.39, 0.29) is 0 Å². The van der Waals surface area contributed by atoms with Crippen LogP contribution in [0.25, 0.3) is 0 Å². The highest BCUT2D eigenvalue weighted by atomic mass is 16.7. The van der Waals surface area contributed by atoms with Crippen molar-refractivity contribution in [1.29, 1.82) is 0 Å². The van der Waals surface area contributed by atoms with Gasteiger partial charge in [-0.15, -0.1) is 0 Å². The summed E-state index contributed by atoms with van der Waals surface area (Å²) in [7, 11) is 0. The highest BCUT2D eigenvalue weighted by molar-refractivity contribution is 5.39. The van der Waals surface area contributed by atoms with Gasteiger partial charge in [-0.3, -0.25) is 0 Å².